The molecule has 1 N–H and O–H groups in total. The van der Waals surface area contributed by atoms with Crippen LogP contribution in [-0.4, -0.2) is 24.5 Å². The Labute approximate surface area is 153 Å². The lowest BCUT2D eigenvalue weighted by molar-refractivity contribution is -0.393. The van der Waals surface area contributed by atoms with Gasteiger partial charge in [-0.1, -0.05) is 17.4 Å². The topological polar surface area (TPSA) is 98.2 Å². The highest BCUT2D eigenvalue weighted by atomic mass is 32.2. The van der Waals surface area contributed by atoms with Crippen LogP contribution in [0.15, 0.2) is 58.0 Å². The van der Waals surface area contributed by atoms with Gasteiger partial charge in [0, 0.05) is 11.8 Å². The molecule has 26 heavy (non-hydrogen) atoms. The SMILES string of the molecule is O=[N+]([O-])c1c(Sc2nnc(Nc3ccc(F)cc3)s2)nc2ccccn12. The predicted molar refractivity (Wildman–Crippen MR) is 95.6 cm³/mol. The number of anilines is 2. The molecular formula is C15H9FN6O2S2. The smallest absolute Gasteiger partial charge is 0.358 e. The number of nitrogens with zero attached hydrogens (tertiary/aromatic N) is 5. The lowest BCUT2D eigenvalue weighted by Gasteiger charge is -2.00. The lowest BCUT2D eigenvalue weighted by Crippen LogP contribution is -1.94. The van der Waals surface area contributed by atoms with Gasteiger partial charge in [0.1, 0.15) is 5.82 Å². The molecule has 0 saturated carbocycles. The number of aromatic nitrogens is 4. The van der Waals surface area contributed by atoms with E-state index in [1.54, 1.807) is 36.5 Å². The lowest BCUT2D eigenvalue weighted by atomic mass is 10.3. The summed E-state index contributed by atoms with van der Waals surface area (Å²) in [5, 5.41) is 23.2. The van der Waals surface area contributed by atoms with E-state index in [1.807, 2.05) is 0 Å². The molecule has 0 aliphatic carbocycles. The minimum atomic E-state index is -0.471. The molecule has 3 aromatic heterocycles. The molecule has 0 radical (unpaired) electrons. The van der Waals surface area contributed by atoms with Crippen LogP contribution in [0, 0.1) is 15.9 Å². The molecule has 1 aromatic carbocycles. The van der Waals surface area contributed by atoms with Gasteiger partial charge < -0.3 is 15.4 Å². The molecule has 0 aliphatic rings. The van der Waals surface area contributed by atoms with Crippen molar-refractivity contribution in [2.75, 3.05) is 5.32 Å². The van der Waals surface area contributed by atoms with Gasteiger partial charge in [0.2, 0.25) is 15.8 Å². The van der Waals surface area contributed by atoms with Crippen LogP contribution in [0.2, 0.25) is 0 Å². The first-order valence-corrected chi connectivity index (χ1v) is 8.89. The summed E-state index contributed by atoms with van der Waals surface area (Å²) in [6, 6.07) is 11.0. The molecule has 0 atom stereocenters. The standard InChI is InChI=1S/C15H9FN6O2S2/c16-9-4-6-10(7-5-9)17-14-19-20-15(26-14)25-12-13(22(23)24)21-8-2-1-3-11(21)18-12/h1-8H,(H,17,19). The average molecular weight is 388 g/mol. The molecule has 0 spiro atoms. The van der Waals surface area contributed by atoms with Crippen molar-refractivity contribution in [3.8, 4) is 0 Å². The maximum absolute atomic E-state index is 12.9. The number of benzene rings is 1. The largest absolute Gasteiger partial charge is 0.362 e. The van der Waals surface area contributed by atoms with E-state index in [0.29, 0.717) is 20.8 Å². The van der Waals surface area contributed by atoms with E-state index < -0.39 is 4.92 Å². The zero-order chi connectivity index (χ0) is 18.1. The molecule has 0 amide bonds. The van der Waals surface area contributed by atoms with E-state index in [0.717, 1.165) is 11.8 Å². The molecule has 3 heterocycles. The van der Waals surface area contributed by atoms with Gasteiger partial charge in [0.05, 0.1) is 6.20 Å². The number of pyridine rings is 1. The second kappa shape index (κ2) is 6.69. The first-order valence-electron chi connectivity index (χ1n) is 7.25. The number of fused-ring (bicyclic) bond motifs is 1. The van der Waals surface area contributed by atoms with Gasteiger partial charge in [-0.05, 0) is 47.0 Å². The van der Waals surface area contributed by atoms with Gasteiger partial charge in [-0.2, -0.15) is 9.38 Å². The minimum Gasteiger partial charge on any atom is -0.358 e. The van der Waals surface area contributed by atoms with Gasteiger partial charge in [0.25, 0.3) is 0 Å². The number of imidazole rings is 1. The van der Waals surface area contributed by atoms with Crippen LogP contribution in [-0.2, 0) is 0 Å². The van der Waals surface area contributed by atoms with E-state index in [-0.39, 0.29) is 16.7 Å². The first-order chi connectivity index (χ1) is 12.6. The molecule has 0 bridgehead atoms. The van der Waals surface area contributed by atoms with E-state index in [1.165, 1.54) is 27.9 Å². The Kier molecular flexibility index (Phi) is 4.22. The van der Waals surface area contributed by atoms with Crippen molar-refractivity contribution < 1.29 is 9.31 Å². The number of hydrogen-bond acceptors (Lipinski definition) is 8. The molecule has 0 saturated heterocycles. The number of rotatable bonds is 5. The van der Waals surface area contributed by atoms with Crippen molar-refractivity contribution >= 4 is 45.4 Å². The highest BCUT2D eigenvalue weighted by molar-refractivity contribution is 8.01. The highest BCUT2D eigenvalue weighted by Crippen LogP contribution is 2.37. The maximum atomic E-state index is 12.9. The Morgan fingerprint density at radius 2 is 2.00 bits per heavy atom. The van der Waals surface area contributed by atoms with E-state index in [2.05, 4.69) is 20.5 Å². The van der Waals surface area contributed by atoms with E-state index in [9.17, 15) is 14.5 Å². The van der Waals surface area contributed by atoms with Gasteiger partial charge >= 0.3 is 5.82 Å². The molecule has 0 fully saturated rings. The van der Waals surface area contributed by atoms with Crippen molar-refractivity contribution in [1.82, 2.24) is 19.6 Å². The number of nitro groups is 1. The van der Waals surface area contributed by atoms with Crippen LogP contribution in [0.4, 0.5) is 21.0 Å². The molecule has 4 rings (SSSR count). The van der Waals surface area contributed by atoms with E-state index in [4.69, 9.17) is 0 Å². The Bertz CT molecular complexity index is 1100. The minimum absolute atomic E-state index is 0.117. The molecule has 0 unspecified atom stereocenters. The Morgan fingerprint density at radius 1 is 1.19 bits per heavy atom. The Hall–Kier alpha value is -3.05. The van der Waals surface area contributed by atoms with Gasteiger partial charge in [0.15, 0.2) is 4.34 Å². The van der Waals surface area contributed by atoms with Crippen LogP contribution in [0.5, 0.6) is 0 Å². The fourth-order valence-electron chi connectivity index (χ4n) is 2.24. The molecule has 8 nitrogen and oxygen atoms in total. The zero-order valence-corrected chi connectivity index (χ0v) is 14.5. The zero-order valence-electron chi connectivity index (χ0n) is 12.9. The molecular weight excluding hydrogens is 379 g/mol. The highest BCUT2D eigenvalue weighted by Gasteiger charge is 2.24. The summed E-state index contributed by atoms with van der Waals surface area (Å²) < 4.78 is 14.9. The number of hydrogen-bond donors (Lipinski definition) is 1. The van der Waals surface area contributed by atoms with Crippen molar-refractivity contribution in [3.63, 3.8) is 0 Å². The molecule has 11 heteroatoms. The van der Waals surface area contributed by atoms with Crippen molar-refractivity contribution in [1.29, 1.82) is 0 Å². The normalized spacial score (nSPS) is 11.0. The first kappa shape index (κ1) is 16.4. The van der Waals surface area contributed by atoms with Gasteiger partial charge in [-0.25, -0.2) is 4.39 Å². The summed E-state index contributed by atoms with van der Waals surface area (Å²) in [5.41, 5.74) is 1.15. The fraction of sp³-hybridized carbons (Fsp3) is 0. The quantitative estimate of drug-likeness (QED) is 0.405. The average Bonchev–Trinajstić information content (AvgIpc) is 3.21. The number of halogens is 1. The second-order valence-electron chi connectivity index (χ2n) is 5.03. The van der Waals surface area contributed by atoms with Crippen LogP contribution in [0.3, 0.4) is 0 Å². The summed E-state index contributed by atoms with van der Waals surface area (Å²) in [6.07, 6.45) is 1.59. The van der Waals surface area contributed by atoms with Gasteiger partial charge in [-0.15, -0.1) is 10.2 Å². The summed E-state index contributed by atoms with van der Waals surface area (Å²) in [6.45, 7) is 0. The fourth-order valence-corrected chi connectivity index (χ4v) is 4.03. The monoisotopic (exact) mass is 388 g/mol. The van der Waals surface area contributed by atoms with Crippen molar-refractivity contribution in [3.05, 3.63) is 64.6 Å². The van der Waals surface area contributed by atoms with Crippen LogP contribution >= 0.6 is 23.1 Å². The van der Waals surface area contributed by atoms with E-state index >= 15 is 0 Å². The third-order valence-corrected chi connectivity index (χ3v) is 5.19. The summed E-state index contributed by atoms with van der Waals surface area (Å²) in [4.78, 5) is 15.2. The maximum Gasteiger partial charge on any atom is 0.362 e. The van der Waals surface area contributed by atoms with Crippen LogP contribution < -0.4 is 5.32 Å². The van der Waals surface area contributed by atoms with Crippen LogP contribution in [0.25, 0.3) is 5.65 Å². The summed E-state index contributed by atoms with van der Waals surface area (Å²) in [5.74, 6) is -0.447. The second-order valence-corrected chi connectivity index (χ2v) is 7.25. The molecule has 130 valence electrons. The number of nitrogens with one attached hydrogen (secondary N) is 1. The molecule has 4 aromatic rings. The Balaban J connectivity index is 1.59. The Morgan fingerprint density at radius 3 is 2.77 bits per heavy atom. The predicted octanol–water partition coefficient (Wildman–Crippen LogP) is 4.13. The van der Waals surface area contributed by atoms with Gasteiger partial charge in [-0.3, -0.25) is 0 Å². The van der Waals surface area contributed by atoms with Crippen LogP contribution in [0.1, 0.15) is 0 Å². The third kappa shape index (κ3) is 3.21. The molecule has 0 aliphatic heterocycles. The third-order valence-electron chi connectivity index (χ3n) is 3.33. The van der Waals surface area contributed by atoms with Crippen molar-refractivity contribution in [2.45, 2.75) is 9.37 Å². The van der Waals surface area contributed by atoms with Crippen molar-refractivity contribution in [2.24, 2.45) is 0 Å². The summed E-state index contributed by atoms with van der Waals surface area (Å²) in [7, 11) is 0. The summed E-state index contributed by atoms with van der Waals surface area (Å²) >= 11 is 2.29.